The number of carboxylic acid groups (broad SMARTS) is 1. The van der Waals surface area contributed by atoms with E-state index < -0.39 is 17.2 Å². The predicted octanol–water partition coefficient (Wildman–Crippen LogP) is 1.17. The quantitative estimate of drug-likeness (QED) is 0.811. The summed E-state index contributed by atoms with van der Waals surface area (Å²) in [7, 11) is 0. The highest BCUT2D eigenvalue weighted by atomic mass is 19.1. The van der Waals surface area contributed by atoms with Crippen LogP contribution in [-0.4, -0.2) is 46.8 Å². The molecule has 2 heterocycles. The number of benzene rings is 1. The molecule has 0 radical (unpaired) electrons. The first-order valence-corrected chi connectivity index (χ1v) is 8.32. The summed E-state index contributed by atoms with van der Waals surface area (Å²) < 4.78 is 16.5. The second-order valence-corrected chi connectivity index (χ2v) is 6.66. The van der Waals surface area contributed by atoms with Gasteiger partial charge in [-0.15, -0.1) is 0 Å². The molecule has 2 aliphatic rings. The van der Waals surface area contributed by atoms with Crippen molar-refractivity contribution in [1.29, 1.82) is 0 Å². The van der Waals surface area contributed by atoms with Gasteiger partial charge in [0.05, 0.1) is 11.2 Å². The normalized spacial score (nSPS) is 18.7. The minimum absolute atomic E-state index is 0.116. The van der Waals surface area contributed by atoms with Gasteiger partial charge in [0, 0.05) is 43.8 Å². The van der Waals surface area contributed by atoms with Gasteiger partial charge < -0.3 is 14.6 Å². The maximum absolute atomic E-state index is 14.7. The van der Waals surface area contributed by atoms with Crippen LogP contribution in [0.4, 0.5) is 10.1 Å². The summed E-state index contributed by atoms with van der Waals surface area (Å²) in [6.07, 6.45) is 3.25. The summed E-state index contributed by atoms with van der Waals surface area (Å²) in [5.41, 5.74) is 0.0569. The van der Waals surface area contributed by atoms with E-state index in [9.17, 15) is 19.1 Å². The molecule has 25 heavy (non-hydrogen) atoms. The van der Waals surface area contributed by atoms with Gasteiger partial charge in [0.1, 0.15) is 11.4 Å². The minimum Gasteiger partial charge on any atom is -0.477 e. The lowest BCUT2D eigenvalue weighted by molar-refractivity contribution is 0.0695. The zero-order valence-electron chi connectivity index (χ0n) is 13.6. The molecule has 0 bridgehead atoms. The number of piperazine rings is 1. The molecule has 7 nitrogen and oxygen atoms in total. The minimum atomic E-state index is -1.29. The van der Waals surface area contributed by atoms with E-state index >= 15 is 0 Å². The van der Waals surface area contributed by atoms with E-state index in [1.807, 2.05) is 9.47 Å². The molecular weight excluding hydrogens is 327 g/mol. The van der Waals surface area contributed by atoms with E-state index in [2.05, 4.69) is 0 Å². The van der Waals surface area contributed by atoms with Gasteiger partial charge in [-0.2, -0.15) is 0 Å². The lowest BCUT2D eigenvalue weighted by Crippen LogP contribution is -2.49. The van der Waals surface area contributed by atoms with E-state index in [1.165, 1.54) is 12.3 Å². The summed E-state index contributed by atoms with van der Waals surface area (Å²) in [6.45, 7) is 2.45. The fourth-order valence-corrected chi connectivity index (χ4v) is 3.37. The zero-order valence-corrected chi connectivity index (χ0v) is 13.6. The first kappa shape index (κ1) is 16.0. The van der Waals surface area contributed by atoms with Gasteiger partial charge in [0.15, 0.2) is 0 Å². The van der Waals surface area contributed by atoms with Crippen LogP contribution in [0.2, 0.25) is 0 Å². The molecule has 132 valence electrons. The van der Waals surface area contributed by atoms with Crippen molar-refractivity contribution in [3.8, 4) is 0 Å². The van der Waals surface area contributed by atoms with Crippen molar-refractivity contribution in [2.45, 2.75) is 18.9 Å². The number of carbonyl (C=O) groups is 1. The summed E-state index contributed by atoms with van der Waals surface area (Å²) in [6, 6.07) is 3.01. The third kappa shape index (κ3) is 2.77. The van der Waals surface area contributed by atoms with E-state index in [4.69, 9.17) is 5.84 Å². The monoisotopic (exact) mass is 346 g/mol. The second kappa shape index (κ2) is 5.82. The molecule has 0 amide bonds. The number of nitrogens with zero attached hydrogens (tertiary/aromatic N) is 3. The fraction of sp³-hybridized carbons (Fsp3) is 0.412. The smallest absolute Gasteiger partial charge is 0.341 e. The van der Waals surface area contributed by atoms with Crippen LogP contribution in [0.1, 0.15) is 29.2 Å². The Morgan fingerprint density at radius 1 is 1.20 bits per heavy atom. The van der Waals surface area contributed by atoms with E-state index in [0.717, 1.165) is 12.8 Å². The van der Waals surface area contributed by atoms with Crippen LogP contribution in [0.3, 0.4) is 0 Å². The van der Waals surface area contributed by atoms with Gasteiger partial charge in [0.2, 0.25) is 5.43 Å². The maximum atomic E-state index is 14.7. The molecule has 0 spiro atoms. The summed E-state index contributed by atoms with van der Waals surface area (Å²) in [4.78, 5) is 25.7. The van der Waals surface area contributed by atoms with Gasteiger partial charge >= 0.3 is 5.97 Å². The number of pyridine rings is 1. The lowest BCUT2D eigenvalue weighted by Gasteiger charge is -2.34. The molecule has 0 unspecified atom stereocenters. The standard InChI is InChI=1S/C17H19FN4O3/c18-13-7-11-14(8-15(13)20-3-5-21(19)6-4-20)22(10-1-2-10)9-12(16(11)23)17(24)25/h7-10H,1-6,19H2,(H,24,25). The number of nitrogens with two attached hydrogens (primary N) is 1. The number of anilines is 1. The van der Waals surface area contributed by atoms with Crippen LogP contribution in [0.15, 0.2) is 23.1 Å². The Bertz CT molecular complexity index is 914. The highest BCUT2D eigenvalue weighted by molar-refractivity contribution is 5.93. The van der Waals surface area contributed by atoms with Gasteiger partial charge in [-0.3, -0.25) is 10.6 Å². The van der Waals surface area contributed by atoms with Crippen LogP contribution in [0.25, 0.3) is 10.9 Å². The molecule has 4 rings (SSSR count). The van der Waals surface area contributed by atoms with Crippen LogP contribution < -0.4 is 16.2 Å². The third-order valence-corrected chi connectivity index (χ3v) is 4.93. The van der Waals surface area contributed by atoms with Crippen molar-refractivity contribution in [2.75, 3.05) is 31.1 Å². The van der Waals surface area contributed by atoms with Crippen molar-refractivity contribution in [3.63, 3.8) is 0 Å². The Morgan fingerprint density at radius 3 is 2.48 bits per heavy atom. The molecule has 2 aromatic rings. The molecule has 1 aliphatic heterocycles. The number of aromatic nitrogens is 1. The summed E-state index contributed by atoms with van der Waals surface area (Å²) in [5, 5.41) is 11.1. The Hall–Kier alpha value is -2.45. The van der Waals surface area contributed by atoms with Crippen molar-refractivity contribution in [1.82, 2.24) is 9.58 Å². The Morgan fingerprint density at radius 2 is 1.88 bits per heavy atom. The average Bonchev–Trinajstić information content (AvgIpc) is 3.41. The first-order chi connectivity index (χ1) is 12.0. The molecule has 1 saturated carbocycles. The number of hydrogen-bond acceptors (Lipinski definition) is 5. The van der Waals surface area contributed by atoms with Gasteiger partial charge in [-0.25, -0.2) is 14.2 Å². The number of halogens is 1. The molecule has 1 saturated heterocycles. The van der Waals surface area contributed by atoms with E-state index in [0.29, 0.717) is 37.4 Å². The predicted molar refractivity (Wildman–Crippen MR) is 91.4 cm³/mol. The fourth-order valence-electron chi connectivity index (χ4n) is 3.37. The third-order valence-electron chi connectivity index (χ3n) is 4.93. The van der Waals surface area contributed by atoms with E-state index in [-0.39, 0.29) is 17.0 Å². The van der Waals surface area contributed by atoms with E-state index in [1.54, 1.807) is 11.1 Å². The molecule has 8 heteroatoms. The first-order valence-electron chi connectivity index (χ1n) is 8.32. The molecule has 1 aromatic heterocycles. The summed E-state index contributed by atoms with van der Waals surface area (Å²) >= 11 is 0. The Kier molecular flexibility index (Phi) is 3.73. The van der Waals surface area contributed by atoms with Gasteiger partial charge in [0.25, 0.3) is 0 Å². The van der Waals surface area contributed by atoms with Crippen LogP contribution in [-0.2, 0) is 0 Å². The molecule has 2 fully saturated rings. The Balaban J connectivity index is 1.90. The lowest BCUT2D eigenvalue weighted by atomic mass is 10.1. The highest BCUT2D eigenvalue weighted by Gasteiger charge is 2.28. The number of hydrogen-bond donors (Lipinski definition) is 2. The molecular formula is C17H19FN4O3. The van der Waals surface area contributed by atoms with Crippen molar-refractivity contribution < 1.29 is 14.3 Å². The number of hydrazine groups is 1. The Labute approximate surface area is 143 Å². The number of aromatic carboxylic acids is 1. The van der Waals surface area contributed by atoms with Gasteiger partial charge in [-0.1, -0.05) is 0 Å². The SMILES string of the molecule is NN1CCN(c2cc3c(cc2F)c(=O)c(C(=O)O)cn3C2CC2)CC1. The van der Waals surface area contributed by atoms with Crippen LogP contribution in [0.5, 0.6) is 0 Å². The molecule has 0 atom stereocenters. The number of carboxylic acids is 1. The molecule has 3 N–H and O–H groups in total. The highest BCUT2D eigenvalue weighted by Crippen LogP contribution is 2.38. The van der Waals surface area contributed by atoms with Crippen molar-refractivity contribution >= 4 is 22.6 Å². The van der Waals surface area contributed by atoms with Crippen LogP contribution in [0, 0.1) is 5.82 Å². The van der Waals surface area contributed by atoms with Crippen molar-refractivity contribution in [3.05, 3.63) is 39.9 Å². The van der Waals surface area contributed by atoms with Gasteiger partial charge in [-0.05, 0) is 25.0 Å². The molecule has 1 aromatic carbocycles. The molecule has 1 aliphatic carbocycles. The number of fused-ring (bicyclic) bond motifs is 1. The second-order valence-electron chi connectivity index (χ2n) is 6.66. The maximum Gasteiger partial charge on any atom is 0.341 e. The largest absolute Gasteiger partial charge is 0.477 e. The van der Waals surface area contributed by atoms with Crippen LogP contribution >= 0.6 is 0 Å². The van der Waals surface area contributed by atoms with Crippen molar-refractivity contribution in [2.24, 2.45) is 5.84 Å². The average molecular weight is 346 g/mol. The summed E-state index contributed by atoms with van der Waals surface area (Å²) in [5.74, 6) is 3.95. The number of rotatable bonds is 3. The topological polar surface area (TPSA) is 91.8 Å². The zero-order chi connectivity index (χ0) is 17.7.